The van der Waals surface area contributed by atoms with Crippen LogP contribution in [0.3, 0.4) is 0 Å². The Hall–Kier alpha value is -2.84. The standard InChI is InChI=1S/C30H33Cl2N3O4.ClH/c1-35(2)17-8-18-39-26-19-20(11-13-24(26)32)27-22(21-9-4-5-10-23(21)31)12-14-25(33-27)28(36)34-30(29(37)38)15-6-3-7-16-30;/h4-5,9-14,19H,3,6-8,15-18H2,1-2H3,(H,34,36)(H,37,38);1H. The number of amides is 1. The van der Waals surface area contributed by atoms with Crippen molar-refractivity contribution in [2.75, 3.05) is 27.2 Å². The first-order chi connectivity index (χ1) is 18.7. The number of pyridine rings is 1. The third kappa shape index (κ3) is 7.46. The van der Waals surface area contributed by atoms with Gasteiger partial charge in [0.05, 0.1) is 17.3 Å². The monoisotopic (exact) mass is 605 g/mol. The van der Waals surface area contributed by atoms with Gasteiger partial charge in [0.25, 0.3) is 5.91 Å². The van der Waals surface area contributed by atoms with E-state index in [1.807, 2.05) is 44.4 Å². The van der Waals surface area contributed by atoms with Crippen LogP contribution in [-0.4, -0.2) is 59.7 Å². The van der Waals surface area contributed by atoms with Crippen molar-refractivity contribution in [3.05, 3.63) is 70.3 Å². The highest BCUT2D eigenvalue weighted by Crippen LogP contribution is 2.38. The number of hydrogen-bond acceptors (Lipinski definition) is 5. The van der Waals surface area contributed by atoms with Gasteiger partial charge in [-0.15, -0.1) is 12.4 Å². The topological polar surface area (TPSA) is 91.8 Å². The van der Waals surface area contributed by atoms with E-state index in [4.69, 9.17) is 32.9 Å². The predicted octanol–water partition coefficient (Wildman–Crippen LogP) is 6.99. The summed E-state index contributed by atoms with van der Waals surface area (Å²) in [7, 11) is 4.01. The molecule has 3 aromatic rings. The molecule has 0 radical (unpaired) electrons. The summed E-state index contributed by atoms with van der Waals surface area (Å²) in [6.07, 6.45) is 4.07. The summed E-state index contributed by atoms with van der Waals surface area (Å²) in [5, 5.41) is 13.7. The Kier molecular flexibility index (Phi) is 11.2. The zero-order valence-electron chi connectivity index (χ0n) is 22.6. The molecule has 1 fully saturated rings. The Labute approximate surface area is 251 Å². The van der Waals surface area contributed by atoms with Crippen LogP contribution in [0.5, 0.6) is 5.75 Å². The maximum Gasteiger partial charge on any atom is 0.329 e. The Morgan fingerprint density at radius 3 is 2.40 bits per heavy atom. The van der Waals surface area contributed by atoms with Crippen molar-refractivity contribution in [2.45, 2.75) is 44.1 Å². The lowest BCUT2D eigenvalue weighted by Gasteiger charge is -2.33. The number of carbonyl (C=O) groups is 2. The van der Waals surface area contributed by atoms with Crippen LogP contribution < -0.4 is 10.1 Å². The molecule has 0 bridgehead atoms. The van der Waals surface area contributed by atoms with Gasteiger partial charge in [0, 0.05) is 28.3 Å². The van der Waals surface area contributed by atoms with Gasteiger partial charge in [-0.25, -0.2) is 9.78 Å². The molecule has 0 spiro atoms. The number of carbonyl (C=O) groups excluding carboxylic acids is 1. The van der Waals surface area contributed by atoms with Gasteiger partial charge in [-0.05, 0) is 63.7 Å². The molecule has 2 aromatic carbocycles. The number of aromatic nitrogens is 1. The smallest absolute Gasteiger partial charge is 0.329 e. The van der Waals surface area contributed by atoms with E-state index >= 15 is 0 Å². The second-order valence-corrected chi connectivity index (χ2v) is 10.9. The van der Waals surface area contributed by atoms with E-state index in [-0.39, 0.29) is 18.1 Å². The molecule has 1 aliphatic rings. The number of aliphatic carboxylic acids is 1. The molecule has 0 atom stereocenters. The van der Waals surface area contributed by atoms with Gasteiger partial charge in [0.1, 0.15) is 17.0 Å². The Bertz CT molecular complexity index is 1340. The quantitative estimate of drug-likeness (QED) is 0.242. The summed E-state index contributed by atoms with van der Waals surface area (Å²) in [4.78, 5) is 32.3. The average Bonchev–Trinajstić information content (AvgIpc) is 2.92. The van der Waals surface area contributed by atoms with Gasteiger partial charge in [-0.2, -0.15) is 0 Å². The van der Waals surface area contributed by atoms with Crippen molar-refractivity contribution in [1.82, 2.24) is 15.2 Å². The number of hydrogen-bond donors (Lipinski definition) is 2. The van der Waals surface area contributed by atoms with Crippen molar-refractivity contribution in [1.29, 1.82) is 0 Å². The molecule has 10 heteroatoms. The predicted molar refractivity (Wildman–Crippen MR) is 162 cm³/mol. The molecule has 4 rings (SSSR count). The fourth-order valence-corrected chi connectivity index (χ4v) is 5.27. The largest absolute Gasteiger partial charge is 0.492 e. The number of carboxylic acids is 1. The maximum absolute atomic E-state index is 13.4. The first kappa shape index (κ1) is 31.7. The molecule has 0 unspecified atom stereocenters. The number of rotatable bonds is 10. The van der Waals surface area contributed by atoms with E-state index < -0.39 is 17.4 Å². The minimum atomic E-state index is -1.29. The van der Waals surface area contributed by atoms with Gasteiger partial charge >= 0.3 is 5.97 Å². The Balaban J connectivity index is 0.00000441. The van der Waals surface area contributed by atoms with Crippen LogP contribution in [-0.2, 0) is 4.79 Å². The lowest BCUT2D eigenvalue weighted by atomic mass is 9.81. The number of carboxylic acid groups (broad SMARTS) is 1. The van der Waals surface area contributed by atoms with Crippen molar-refractivity contribution in [3.63, 3.8) is 0 Å². The van der Waals surface area contributed by atoms with Crippen LogP contribution in [0.25, 0.3) is 22.4 Å². The molecule has 214 valence electrons. The molecule has 1 saturated carbocycles. The normalized spacial score (nSPS) is 14.3. The van der Waals surface area contributed by atoms with Gasteiger partial charge in [-0.3, -0.25) is 4.79 Å². The van der Waals surface area contributed by atoms with Crippen LogP contribution in [0.2, 0.25) is 10.0 Å². The number of benzene rings is 2. The summed E-state index contributed by atoms with van der Waals surface area (Å²) in [5.74, 6) is -1.03. The fourth-order valence-electron chi connectivity index (χ4n) is 4.86. The van der Waals surface area contributed by atoms with E-state index in [2.05, 4.69) is 10.2 Å². The number of nitrogens with zero attached hydrogens (tertiary/aromatic N) is 2. The Morgan fingerprint density at radius 1 is 1.00 bits per heavy atom. The van der Waals surface area contributed by atoms with E-state index in [9.17, 15) is 14.7 Å². The molecule has 0 saturated heterocycles. The highest BCUT2D eigenvalue weighted by atomic mass is 35.5. The van der Waals surface area contributed by atoms with Crippen molar-refractivity contribution < 1.29 is 19.4 Å². The van der Waals surface area contributed by atoms with E-state index in [1.54, 1.807) is 24.3 Å². The molecular weight excluding hydrogens is 573 g/mol. The van der Waals surface area contributed by atoms with Gasteiger partial charge in [0.15, 0.2) is 0 Å². The van der Waals surface area contributed by atoms with Gasteiger partial charge < -0.3 is 20.1 Å². The minimum absolute atomic E-state index is 0. The van der Waals surface area contributed by atoms with Gasteiger partial charge in [-0.1, -0.05) is 66.7 Å². The van der Waals surface area contributed by atoms with Crippen molar-refractivity contribution in [3.8, 4) is 28.1 Å². The summed E-state index contributed by atoms with van der Waals surface area (Å²) >= 11 is 13.0. The number of ether oxygens (including phenoxy) is 1. The summed E-state index contributed by atoms with van der Waals surface area (Å²) in [6.45, 7) is 1.37. The molecule has 7 nitrogen and oxygen atoms in total. The second-order valence-electron chi connectivity index (χ2n) is 10.1. The molecule has 1 aliphatic carbocycles. The third-order valence-electron chi connectivity index (χ3n) is 6.97. The van der Waals surface area contributed by atoms with E-state index in [0.29, 0.717) is 46.5 Å². The van der Waals surface area contributed by atoms with Crippen molar-refractivity contribution in [2.24, 2.45) is 0 Å². The first-order valence-corrected chi connectivity index (χ1v) is 13.8. The second kappa shape index (κ2) is 14.2. The van der Waals surface area contributed by atoms with Crippen LogP contribution in [0.1, 0.15) is 49.0 Å². The van der Waals surface area contributed by atoms with Crippen LogP contribution in [0, 0.1) is 0 Å². The zero-order chi connectivity index (χ0) is 28.0. The first-order valence-electron chi connectivity index (χ1n) is 13.1. The molecular formula is C30H34Cl3N3O4. The molecule has 2 N–H and O–H groups in total. The summed E-state index contributed by atoms with van der Waals surface area (Å²) < 4.78 is 5.98. The Morgan fingerprint density at radius 2 is 1.73 bits per heavy atom. The average molecular weight is 607 g/mol. The highest BCUT2D eigenvalue weighted by Gasteiger charge is 2.41. The number of halogens is 3. The molecule has 1 heterocycles. The van der Waals surface area contributed by atoms with E-state index in [0.717, 1.165) is 43.4 Å². The summed E-state index contributed by atoms with van der Waals surface area (Å²) in [6, 6.07) is 16.2. The molecule has 1 aromatic heterocycles. The van der Waals surface area contributed by atoms with Crippen LogP contribution >= 0.6 is 35.6 Å². The SMILES string of the molecule is CN(C)CCCOc1cc(-c2nc(C(=O)NC3(C(=O)O)CCCCC3)ccc2-c2ccccc2Cl)ccc1Cl.Cl. The molecule has 1 amide bonds. The fraction of sp³-hybridized carbons (Fsp3) is 0.367. The lowest BCUT2D eigenvalue weighted by molar-refractivity contribution is -0.145. The highest BCUT2D eigenvalue weighted by molar-refractivity contribution is 6.33. The van der Waals surface area contributed by atoms with Crippen LogP contribution in [0.15, 0.2) is 54.6 Å². The van der Waals surface area contributed by atoms with E-state index in [1.165, 1.54) is 0 Å². The minimum Gasteiger partial charge on any atom is -0.492 e. The maximum atomic E-state index is 13.4. The number of nitrogens with one attached hydrogen (secondary N) is 1. The van der Waals surface area contributed by atoms with Gasteiger partial charge in [0.2, 0.25) is 0 Å². The lowest BCUT2D eigenvalue weighted by Crippen LogP contribution is -2.55. The van der Waals surface area contributed by atoms with Crippen LogP contribution in [0.4, 0.5) is 0 Å². The molecule has 40 heavy (non-hydrogen) atoms. The molecule has 0 aliphatic heterocycles. The van der Waals surface area contributed by atoms with Crippen molar-refractivity contribution >= 4 is 47.5 Å². The zero-order valence-corrected chi connectivity index (χ0v) is 24.9. The summed E-state index contributed by atoms with van der Waals surface area (Å²) in [5.41, 5.74) is 1.52. The third-order valence-corrected chi connectivity index (χ3v) is 7.61.